The van der Waals surface area contributed by atoms with Crippen molar-refractivity contribution in [1.82, 2.24) is 9.62 Å². The predicted molar refractivity (Wildman–Crippen MR) is 113 cm³/mol. The standard InChI is InChI=1S/C21H27ClN2O3S/c1-16(2)12-13-23-21(25)15-24(14-18-6-4-17(3)5-7-18)28(26,27)20-10-8-19(22)9-11-20/h4-11,16H,12-15H2,1-3H3,(H,23,25). The maximum atomic E-state index is 13.1. The highest BCUT2D eigenvalue weighted by Crippen LogP contribution is 2.20. The fourth-order valence-electron chi connectivity index (χ4n) is 2.59. The van der Waals surface area contributed by atoms with Gasteiger partial charge in [0.2, 0.25) is 15.9 Å². The van der Waals surface area contributed by atoms with Crippen LogP contribution < -0.4 is 5.32 Å². The smallest absolute Gasteiger partial charge is 0.243 e. The van der Waals surface area contributed by atoms with Crippen molar-refractivity contribution in [2.75, 3.05) is 13.1 Å². The SMILES string of the molecule is Cc1ccc(CN(CC(=O)NCCC(C)C)S(=O)(=O)c2ccc(Cl)cc2)cc1. The summed E-state index contributed by atoms with van der Waals surface area (Å²) in [5, 5.41) is 3.26. The Balaban J connectivity index is 2.23. The molecule has 2 rings (SSSR count). The average Bonchev–Trinajstić information content (AvgIpc) is 2.63. The van der Waals surface area contributed by atoms with E-state index in [1.54, 1.807) is 0 Å². The Hall–Kier alpha value is -1.89. The molecule has 0 spiro atoms. The lowest BCUT2D eigenvalue weighted by Gasteiger charge is -2.22. The third kappa shape index (κ3) is 6.62. The van der Waals surface area contributed by atoms with Crippen LogP contribution in [0, 0.1) is 12.8 Å². The summed E-state index contributed by atoms with van der Waals surface area (Å²) in [6, 6.07) is 13.6. The fourth-order valence-corrected chi connectivity index (χ4v) is 4.11. The molecule has 7 heteroatoms. The second kappa shape index (κ2) is 10.0. The lowest BCUT2D eigenvalue weighted by Crippen LogP contribution is -2.40. The maximum absolute atomic E-state index is 13.1. The highest BCUT2D eigenvalue weighted by atomic mass is 35.5. The number of aryl methyl sites for hydroxylation is 1. The van der Waals surface area contributed by atoms with Gasteiger partial charge < -0.3 is 5.32 Å². The summed E-state index contributed by atoms with van der Waals surface area (Å²) in [7, 11) is -3.85. The minimum absolute atomic E-state index is 0.110. The van der Waals surface area contributed by atoms with Gasteiger partial charge in [-0.3, -0.25) is 4.79 Å². The van der Waals surface area contributed by atoms with Gasteiger partial charge in [0.25, 0.3) is 0 Å². The summed E-state index contributed by atoms with van der Waals surface area (Å²) in [6.45, 7) is 6.51. The largest absolute Gasteiger partial charge is 0.355 e. The second-order valence-electron chi connectivity index (χ2n) is 7.25. The molecule has 0 aromatic heterocycles. The zero-order valence-electron chi connectivity index (χ0n) is 16.5. The van der Waals surface area contributed by atoms with Crippen molar-refractivity contribution in [3.05, 3.63) is 64.7 Å². The van der Waals surface area contributed by atoms with E-state index in [-0.39, 0.29) is 23.9 Å². The summed E-state index contributed by atoms with van der Waals surface area (Å²) in [5.41, 5.74) is 1.90. The first kappa shape index (κ1) is 22.4. The van der Waals surface area contributed by atoms with Crippen molar-refractivity contribution in [2.45, 2.75) is 38.6 Å². The molecule has 1 amide bonds. The van der Waals surface area contributed by atoms with Gasteiger partial charge in [0.05, 0.1) is 11.4 Å². The Morgan fingerprint density at radius 1 is 1.07 bits per heavy atom. The van der Waals surface area contributed by atoms with Gasteiger partial charge in [-0.1, -0.05) is 55.3 Å². The summed E-state index contributed by atoms with van der Waals surface area (Å²) in [4.78, 5) is 12.5. The summed E-state index contributed by atoms with van der Waals surface area (Å²) in [6.07, 6.45) is 0.841. The van der Waals surface area contributed by atoms with Crippen molar-refractivity contribution in [1.29, 1.82) is 0 Å². The molecule has 5 nitrogen and oxygen atoms in total. The van der Waals surface area contributed by atoms with E-state index < -0.39 is 10.0 Å². The molecule has 1 N–H and O–H groups in total. The first-order valence-electron chi connectivity index (χ1n) is 9.26. The van der Waals surface area contributed by atoms with E-state index in [2.05, 4.69) is 19.2 Å². The van der Waals surface area contributed by atoms with Crippen molar-refractivity contribution in [3.63, 3.8) is 0 Å². The molecule has 28 heavy (non-hydrogen) atoms. The van der Waals surface area contributed by atoms with Crippen LogP contribution in [0.3, 0.4) is 0 Å². The number of nitrogens with one attached hydrogen (secondary N) is 1. The second-order valence-corrected chi connectivity index (χ2v) is 9.62. The topological polar surface area (TPSA) is 66.5 Å². The number of hydrogen-bond acceptors (Lipinski definition) is 3. The van der Waals surface area contributed by atoms with Gasteiger partial charge in [0, 0.05) is 18.1 Å². The van der Waals surface area contributed by atoms with E-state index >= 15 is 0 Å². The monoisotopic (exact) mass is 422 g/mol. The average molecular weight is 423 g/mol. The van der Waals surface area contributed by atoms with Gasteiger partial charge in [-0.2, -0.15) is 4.31 Å². The third-order valence-electron chi connectivity index (χ3n) is 4.29. The van der Waals surface area contributed by atoms with Gasteiger partial charge in [0.1, 0.15) is 0 Å². The number of hydrogen-bond donors (Lipinski definition) is 1. The first-order valence-corrected chi connectivity index (χ1v) is 11.1. The number of benzene rings is 2. The van der Waals surface area contributed by atoms with Gasteiger partial charge in [-0.15, -0.1) is 0 Å². The molecule has 0 saturated carbocycles. The van der Waals surface area contributed by atoms with E-state index in [1.165, 1.54) is 28.6 Å². The molecular formula is C21H27ClN2O3S. The number of sulfonamides is 1. The highest BCUT2D eigenvalue weighted by Gasteiger charge is 2.27. The summed E-state index contributed by atoms with van der Waals surface area (Å²) >= 11 is 5.88. The summed E-state index contributed by atoms with van der Waals surface area (Å²) < 4.78 is 27.5. The van der Waals surface area contributed by atoms with Crippen LogP contribution in [-0.2, 0) is 21.4 Å². The first-order chi connectivity index (χ1) is 13.2. The van der Waals surface area contributed by atoms with Gasteiger partial charge in [0.15, 0.2) is 0 Å². The van der Waals surface area contributed by atoms with Crippen LogP contribution in [0.4, 0.5) is 0 Å². The van der Waals surface area contributed by atoms with E-state index in [1.807, 2.05) is 31.2 Å². The van der Waals surface area contributed by atoms with Crippen LogP contribution in [0.25, 0.3) is 0 Å². The molecule has 0 unspecified atom stereocenters. The lowest BCUT2D eigenvalue weighted by molar-refractivity contribution is -0.121. The molecule has 0 radical (unpaired) electrons. The molecular weight excluding hydrogens is 396 g/mol. The van der Waals surface area contributed by atoms with Crippen LogP contribution in [-0.4, -0.2) is 31.7 Å². The Labute approximate surface area is 172 Å². The number of halogens is 1. The number of carbonyl (C=O) groups excluding carboxylic acids is 1. The Kier molecular flexibility index (Phi) is 8.04. The Morgan fingerprint density at radius 3 is 2.25 bits per heavy atom. The van der Waals surface area contributed by atoms with E-state index in [4.69, 9.17) is 11.6 Å². The molecule has 152 valence electrons. The maximum Gasteiger partial charge on any atom is 0.243 e. The third-order valence-corrected chi connectivity index (χ3v) is 6.35. The van der Waals surface area contributed by atoms with Crippen LogP contribution in [0.15, 0.2) is 53.4 Å². The van der Waals surface area contributed by atoms with E-state index in [0.717, 1.165) is 17.5 Å². The van der Waals surface area contributed by atoms with E-state index in [9.17, 15) is 13.2 Å². The van der Waals surface area contributed by atoms with Crippen LogP contribution in [0.2, 0.25) is 5.02 Å². The molecule has 2 aromatic carbocycles. The minimum Gasteiger partial charge on any atom is -0.355 e. The van der Waals surface area contributed by atoms with Crippen LogP contribution >= 0.6 is 11.6 Å². The summed E-state index contributed by atoms with van der Waals surface area (Å²) in [5.74, 6) is 0.145. The van der Waals surface area contributed by atoms with Crippen molar-refractivity contribution in [3.8, 4) is 0 Å². The van der Waals surface area contributed by atoms with Crippen molar-refractivity contribution in [2.24, 2.45) is 5.92 Å². The van der Waals surface area contributed by atoms with Crippen LogP contribution in [0.1, 0.15) is 31.4 Å². The number of rotatable bonds is 9. The van der Waals surface area contributed by atoms with E-state index in [0.29, 0.717) is 17.5 Å². The van der Waals surface area contributed by atoms with Gasteiger partial charge in [-0.25, -0.2) is 8.42 Å². The zero-order chi connectivity index (χ0) is 20.7. The number of amides is 1. The van der Waals surface area contributed by atoms with Crippen molar-refractivity contribution < 1.29 is 13.2 Å². The number of nitrogens with zero attached hydrogens (tertiary/aromatic N) is 1. The molecule has 0 heterocycles. The van der Waals surface area contributed by atoms with Gasteiger partial charge >= 0.3 is 0 Å². The van der Waals surface area contributed by atoms with Gasteiger partial charge in [-0.05, 0) is 49.1 Å². The molecule has 0 atom stereocenters. The quantitative estimate of drug-likeness (QED) is 0.664. The minimum atomic E-state index is -3.85. The Bertz CT molecular complexity index is 879. The predicted octanol–water partition coefficient (Wildman–Crippen LogP) is 4.00. The molecule has 0 aliphatic carbocycles. The van der Waals surface area contributed by atoms with Crippen molar-refractivity contribution >= 4 is 27.5 Å². The molecule has 0 saturated heterocycles. The lowest BCUT2D eigenvalue weighted by atomic mass is 10.1. The molecule has 0 fully saturated rings. The van der Waals surface area contributed by atoms with Crippen LogP contribution in [0.5, 0.6) is 0 Å². The zero-order valence-corrected chi connectivity index (χ0v) is 18.1. The fraction of sp³-hybridized carbons (Fsp3) is 0.381. The molecule has 0 aliphatic heterocycles. The molecule has 0 aliphatic rings. The molecule has 0 bridgehead atoms. The molecule has 2 aromatic rings. The Morgan fingerprint density at radius 2 is 1.68 bits per heavy atom. The highest BCUT2D eigenvalue weighted by molar-refractivity contribution is 7.89. The normalized spacial score (nSPS) is 11.8. The number of carbonyl (C=O) groups is 1.